The van der Waals surface area contributed by atoms with E-state index in [0.717, 1.165) is 43.2 Å². The zero-order valence-electron chi connectivity index (χ0n) is 19.3. The second-order valence-corrected chi connectivity index (χ2v) is 8.91. The van der Waals surface area contributed by atoms with Crippen LogP contribution in [0.25, 0.3) is 17.3 Å². The van der Waals surface area contributed by atoms with Gasteiger partial charge >= 0.3 is 0 Å². The van der Waals surface area contributed by atoms with Crippen LogP contribution in [0.3, 0.4) is 0 Å². The molecule has 0 bridgehead atoms. The SMILES string of the molecule is Nc1nc(NC2CC2)cc(-c2c(F)ccc(CCCCCNC(=O)/C=C/c3cccnc3)c2Cl)n1. The lowest BCUT2D eigenvalue weighted by molar-refractivity contribution is -0.116. The van der Waals surface area contributed by atoms with E-state index in [4.69, 9.17) is 17.3 Å². The largest absolute Gasteiger partial charge is 0.368 e. The number of hydrogen-bond acceptors (Lipinski definition) is 6. The van der Waals surface area contributed by atoms with E-state index in [1.54, 1.807) is 30.6 Å². The van der Waals surface area contributed by atoms with Crippen LogP contribution in [-0.4, -0.2) is 33.4 Å². The number of nitrogen functional groups attached to an aromatic ring is 1. The summed E-state index contributed by atoms with van der Waals surface area (Å²) in [6.07, 6.45) is 12.0. The maximum Gasteiger partial charge on any atom is 0.243 e. The maximum absolute atomic E-state index is 14.7. The molecule has 9 heteroatoms. The highest BCUT2D eigenvalue weighted by atomic mass is 35.5. The summed E-state index contributed by atoms with van der Waals surface area (Å²) in [6, 6.07) is 8.89. The minimum atomic E-state index is -0.448. The highest BCUT2D eigenvalue weighted by molar-refractivity contribution is 6.34. The van der Waals surface area contributed by atoms with Crippen molar-refractivity contribution in [2.75, 3.05) is 17.6 Å². The van der Waals surface area contributed by atoms with Crippen molar-refractivity contribution in [1.29, 1.82) is 0 Å². The molecule has 1 fully saturated rings. The van der Waals surface area contributed by atoms with Gasteiger partial charge in [0.25, 0.3) is 0 Å². The number of unbranched alkanes of at least 4 members (excludes halogenated alkanes) is 2. The van der Waals surface area contributed by atoms with Crippen molar-refractivity contribution in [1.82, 2.24) is 20.3 Å². The van der Waals surface area contributed by atoms with Crippen LogP contribution in [0.4, 0.5) is 16.2 Å². The summed E-state index contributed by atoms with van der Waals surface area (Å²) in [5, 5.41) is 6.48. The van der Waals surface area contributed by atoms with E-state index in [0.29, 0.717) is 35.5 Å². The van der Waals surface area contributed by atoms with Crippen LogP contribution in [0, 0.1) is 5.82 Å². The summed E-state index contributed by atoms with van der Waals surface area (Å²) in [5.74, 6) is 0.0630. The summed E-state index contributed by atoms with van der Waals surface area (Å²) in [7, 11) is 0. The lowest BCUT2D eigenvalue weighted by Crippen LogP contribution is -2.22. The molecule has 1 aliphatic rings. The maximum atomic E-state index is 14.7. The molecule has 1 saturated carbocycles. The van der Waals surface area contributed by atoms with Gasteiger partial charge in [0.2, 0.25) is 11.9 Å². The van der Waals surface area contributed by atoms with Crippen molar-refractivity contribution >= 4 is 35.4 Å². The van der Waals surface area contributed by atoms with Crippen LogP contribution in [0.5, 0.6) is 0 Å². The van der Waals surface area contributed by atoms with Crippen LogP contribution < -0.4 is 16.4 Å². The van der Waals surface area contributed by atoms with Gasteiger partial charge in [-0.1, -0.05) is 30.2 Å². The summed E-state index contributed by atoms with van der Waals surface area (Å²) < 4.78 is 14.7. The number of pyridine rings is 1. The van der Waals surface area contributed by atoms with Gasteiger partial charge in [-0.25, -0.2) is 9.37 Å². The number of nitrogens with zero attached hydrogens (tertiary/aromatic N) is 3. The summed E-state index contributed by atoms with van der Waals surface area (Å²) in [4.78, 5) is 24.4. The van der Waals surface area contributed by atoms with E-state index in [9.17, 15) is 9.18 Å². The quantitative estimate of drug-likeness (QED) is 0.255. The molecular weight excluding hydrogens is 467 g/mol. The van der Waals surface area contributed by atoms with Gasteiger partial charge in [0.05, 0.1) is 16.3 Å². The molecule has 35 heavy (non-hydrogen) atoms. The van der Waals surface area contributed by atoms with Crippen LogP contribution in [0.15, 0.2) is 48.8 Å². The standard InChI is InChI=1S/C26H28ClFN6O/c27-25-18(6-2-1-3-14-31-23(35)12-7-17-5-4-13-30-16-17)8-11-20(28)24(25)21-15-22(32-19-9-10-19)34-26(29)33-21/h4-5,7-8,11-13,15-16,19H,1-3,6,9-10,14H2,(H,31,35)(H3,29,32,33,34)/b12-7+. The number of nitrogens with two attached hydrogens (primary N) is 1. The normalized spacial score (nSPS) is 13.2. The summed E-state index contributed by atoms with van der Waals surface area (Å²) in [6.45, 7) is 0.579. The fraction of sp³-hybridized carbons (Fsp3) is 0.308. The third-order valence-electron chi connectivity index (χ3n) is 5.63. The molecule has 3 aromatic rings. The highest BCUT2D eigenvalue weighted by Crippen LogP contribution is 2.35. The number of halogens is 2. The number of hydrogen-bond donors (Lipinski definition) is 3. The Balaban J connectivity index is 1.28. The molecule has 0 saturated heterocycles. The molecule has 1 amide bonds. The first-order chi connectivity index (χ1) is 17.0. The number of benzene rings is 1. The van der Waals surface area contributed by atoms with E-state index in [1.165, 1.54) is 12.1 Å². The number of rotatable bonds is 11. The van der Waals surface area contributed by atoms with Crippen molar-refractivity contribution in [2.45, 2.75) is 44.6 Å². The van der Waals surface area contributed by atoms with Crippen molar-refractivity contribution in [3.63, 3.8) is 0 Å². The van der Waals surface area contributed by atoms with Crippen molar-refractivity contribution in [3.05, 3.63) is 70.8 Å². The number of nitrogens with one attached hydrogen (secondary N) is 2. The number of carbonyl (C=O) groups excluding carboxylic acids is 1. The Hall–Kier alpha value is -3.52. The second-order valence-electron chi connectivity index (χ2n) is 8.53. The Bertz CT molecular complexity index is 1200. The Morgan fingerprint density at radius 2 is 2.06 bits per heavy atom. The van der Waals surface area contributed by atoms with Crippen LogP contribution in [-0.2, 0) is 11.2 Å². The number of carbonyl (C=O) groups is 1. The number of aromatic nitrogens is 3. The molecule has 0 aliphatic heterocycles. The third-order valence-corrected chi connectivity index (χ3v) is 6.07. The van der Waals surface area contributed by atoms with Gasteiger partial charge in [-0.05, 0) is 61.4 Å². The smallest absolute Gasteiger partial charge is 0.243 e. The van der Waals surface area contributed by atoms with Gasteiger partial charge in [-0.3, -0.25) is 9.78 Å². The molecule has 0 atom stereocenters. The fourth-order valence-electron chi connectivity index (χ4n) is 3.66. The predicted octanol–water partition coefficient (Wildman–Crippen LogP) is 5.03. The van der Waals surface area contributed by atoms with Crippen LogP contribution >= 0.6 is 11.6 Å². The monoisotopic (exact) mass is 494 g/mol. The molecule has 4 rings (SSSR count). The zero-order chi connectivity index (χ0) is 24.6. The highest BCUT2D eigenvalue weighted by Gasteiger charge is 2.23. The van der Waals surface area contributed by atoms with E-state index in [1.807, 2.05) is 12.1 Å². The van der Waals surface area contributed by atoms with Gasteiger partial charge < -0.3 is 16.4 Å². The first-order valence-electron chi connectivity index (χ1n) is 11.7. The van der Waals surface area contributed by atoms with Crippen LogP contribution in [0.1, 0.15) is 43.2 Å². The van der Waals surface area contributed by atoms with Gasteiger partial charge in [-0.2, -0.15) is 4.98 Å². The Kier molecular flexibility index (Phi) is 8.26. The summed E-state index contributed by atoms with van der Waals surface area (Å²) in [5.41, 5.74) is 8.19. The molecule has 182 valence electrons. The van der Waals surface area contributed by atoms with Gasteiger partial charge in [-0.15, -0.1) is 0 Å². The predicted molar refractivity (Wildman–Crippen MR) is 137 cm³/mol. The summed E-state index contributed by atoms with van der Waals surface area (Å²) >= 11 is 6.61. The molecule has 7 nitrogen and oxygen atoms in total. The molecule has 0 unspecified atom stereocenters. The molecule has 0 radical (unpaired) electrons. The van der Waals surface area contributed by atoms with Gasteiger partial charge in [0.15, 0.2) is 0 Å². The van der Waals surface area contributed by atoms with E-state index in [-0.39, 0.29) is 17.4 Å². The minimum Gasteiger partial charge on any atom is -0.368 e. The Morgan fingerprint density at radius 3 is 2.83 bits per heavy atom. The van der Waals surface area contributed by atoms with Gasteiger partial charge in [0.1, 0.15) is 11.6 Å². The topological polar surface area (TPSA) is 106 Å². The Labute approximate surface area is 209 Å². The number of anilines is 2. The molecule has 2 heterocycles. The molecule has 2 aromatic heterocycles. The average molecular weight is 495 g/mol. The zero-order valence-corrected chi connectivity index (χ0v) is 20.1. The van der Waals surface area contributed by atoms with E-state index in [2.05, 4.69) is 25.6 Å². The van der Waals surface area contributed by atoms with Crippen molar-refractivity contribution in [3.8, 4) is 11.3 Å². The van der Waals surface area contributed by atoms with E-state index >= 15 is 0 Å². The Morgan fingerprint density at radius 1 is 1.20 bits per heavy atom. The molecule has 0 spiro atoms. The van der Waals surface area contributed by atoms with E-state index < -0.39 is 5.82 Å². The first kappa shape index (κ1) is 24.6. The lowest BCUT2D eigenvalue weighted by Gasteiger charge is -2.13. The average Bonchev–Trinajstić information content (AvgIpc) is 3.65. The molecule has 1 aromatic carbocycles. The first-order valence-corrected chi connectivity index (χ1v) is 12.1. The fourth-order valence-corrected chi connectivity index (χ4v) is 4.01. The molecule has 4 N–H and O–H groups in total. The lowest BCUT2D eigenvalue weighted by atomic mass is 10.0. The van der Waals surface area contributed by atoms with Crippen molar-refractivity contribution < 1.29 is 9.18 Å². The minimum absolute atomic E-state index is 0.0730. The second kappa shape index (κ2) is 11.8. The van der Waals surface area contributed by atoms with Crippen molar-refractivity contribution in [2.24, 2.45) is 0 Å². The van der Waals surface area contributed by atoms with Crippen LogP contribution in [0.2, 0.25) is 5.02 Å². The molecular formula is C26H28ClFN6O. The third kappa shape index (κ3) is 7.23. The number of aryl methyl sites for hydroxylation is 1. The number of amides is 1. The molecule has 1 aliphatic carbocycles. The van der Waals surface area contributed by atoms with Gasteiger partial charge in [0, 0.05) is 37.1 Å².